The van der Waals surface area contributed by atoms with Gasteiger partial charge >= 0.3 is 0 Å². The van der Waals surface area contributed by atoms with Crippen molar-refractivity contribution in [3.63, 3.8) is 0 Å². The highest BCUT2D eigenvalue weighted by Crippen LogP contribution is 2.49. The fraction of sp³-hybridized carbons (Fsp3) is 0.846. The van der Waals surface area contributed by atoms with Crippen molar-refractivity contribution in [2.75, 3.05) is 13.2 Å². The van der Waals surface area contributed by atoms with Crippen LogP contribution < -0.4 is 16.8 Å². The average Bonchev–Trinajstić information content (AvgIpc) is 2.33. The van der Waals surface area contributed by atoms with Gasteiger partial charge in [0, 0.05) is 31.4 Å². The van der Waals surface area contributed by atoms with E-state index in [-0.39, 0.29) is 24.3 Å². The van der Waals surface area contributed by atoms with Crippen molar-refractivity contribution < 1.29 is 14.3 Å². The first kappa shape index (κ1) is 15.9. The Kier molecular flexibility index (Phi) is 4.92. The zero-order chi connectivity index (χ0) is 14.7. The van der Waals surface area contributed by atoms with Gasteiger partial charge in [0.15, 0.2) is 0 Å². The zero-order valence-electron chi connectivity index (χ0n) is 12.0. The van der Waals surface area contributed by atoms with Crippen LogP contribution in [0.5, 0.6) is 0 Å². The molecular weight excluding hydrogens is 246 g/mol. The van der Waals surface area contributed by atoms with E-state index < -0.39 is 11.0 Å². The normalized spacial score (nSPS) is 28.5. The van der Waals surface area contributed by atoms with Gasteiger partial charge in [0.2, 0.25) is 11.8 Å². The minimum Gasteiger partial charge on any atom is -0.378 e. The highest BCUT2D eigenvalue weighted by Gasteiger charge is 2.62. The first-order valence-electron chi connectivity index (χ1n) is 6.72. The summed E-state index contributed by atoms with van der Waals surface area (Å²) >= 11 is 0. The lowest BCUT2D eigenvalue weighted by Crippen LogP contribution is -2.75. The highest BCUT2D eigenvalue weighted by molar-refractivity contribution is 5.88. The van der Waals surface area contributed by atoms with Gasteiger partial charge in [-0.1, -0.05) is 13.8 Å². The van der Waals surface area contributed by atoms with E-state index in [1.807, 2.05) is 20.8 Å². The fourth-order valence-electron chi connectivity index (χ4n) is 2.44. The summed E-state index contributed by atoms with van der Waals surface area (Å²) in [4.78, 5) is 22.7. The van der Waals surface area contributed by atoms with E-state index in [2.05, 4.69) is 5.32 Å². The highest BCUT2D eigenvalue weighted by atomic mass is 16.5. The molecule has 1 aliphatic rings. The molecule has 5 N–H and O–H groups in total. The van der Waals surface area contributed by atoms with Crippen LogP contribution in [0.2, 0.25) is 0 Å². The Morgan fingerprint density at radius 2 is 2.05 bits per heavy atom. The third kappa shape index (κ3) is 3.06. The molecule has 0 aromatic rings. The molecule has 19 heavy (non-hydrogen) atoms. The molecule has 0 aromatic carbocycles. The second-order valence-corrected chi connectivity index (χ2v) is 5.67. The van der Waals surface area contributed by atoms with Crippen LogP contribution in [0.1, 0.15) is 40.0 Å². The number of primary amides is 1. The molecule has 2 unspecified atom stereocenters. The molecule has 2 atom stereocenters. The van der Waals surface area contributed by atoms with E-state index in [4.69, 9.17) is 16.2 Å². The molecule has 0 spiro atoms. The molecule has 1 rings (SSSR count). The van der Waals surface area contributed by atoms with Gasteiger partial charge in [-0.25, -0.2) is 0 Å². The molecule has 0 bridgehead atoms. The van der Waals surface area contributed by atoms with Crippen molar-refractivity contribution in [1.82, 2.24) is 5.32 Å². The van der Waals surface area contributed by atoms with Crippen LogP contribution in [-0.4, -0.2) is 36.6 Å². The average molecular weight is 271 g/mol. The second kappa shape index (κ2) is 5.88. The Labute approximate surface area is 114 Å². The summed E-state index contributed by atoms with van der Waals surface area (Å²) in [5.41, 5.74) is 9.94. The Balaban J connectivity index is 2.46. The number of ether oxygens (including phenoxy) is 1. The summed E-state index contributed by atoms with van der Waals surface area (Å²) in [6.45, 7) is 6.84. The zero-order valence-corrected chi connectivity index (χ0v) is 12.0. The quantitative estimate of drug-likeness (QED) is 0.562. The minimum atomic E-state index is -0.903. The van der Waals surface area contributed by atoms with Gasteiger partial charge in [-0.3, -0.25) is 9.59 Å². The number of carbonyl (C=O) groups is 2. The summed E-state index contributed by atoms with van der Waals surface area (Å²) in [7, 11) is 0. The third-order valence-electron chi connectivity index (χ3n) is 4.12. The standard InChI is InChI=1S/C13H25N3O3/c1-4-19-9-8-13(15,12(9,2)3)11(18)16-7-5-6-10(14)17/h9H,4-8,15H2,1-3H3,(H2,14,17)(H,16,18). The maximum Gasteiger partial charge on any atom is 0.240 e. The van der Waals surface area contributed by atoms with Gasteiger partial charge in [0.25, 0.3) is 0 Å². The van der Waals surface area contributed by atoms with Crippen molar-refractivity contribution in [2.24, 2.45) is 16.9 Å². The molecule has 1 fully saturated rings. The van der Waals surface area contributed by atoms with Crippen molar-refractivity contribution in [3.8, 4) is 0 Å². The van der Waals surface area contributed by atoms with E-state index in [9.17, 15) is 9.59 Å². The number of rotatable bonds is 7. The summed E-state index contributed by atoms with van der Waals surface area (Å²) in [6.07, 6.45) is 1.34. The van der Waals surface area contributed by atoms with Crippen LogP contribution in [0, 0.1) is 5.41 Å². The molecular formula is C13H25N3O3. The topological polar surface area (TPSA) is 107 Å². The predicted octanol–water partition coefficient (Wildman–Crippen LogP) is -0.0994. The van der Waals surface area contributed by atoms with E-state index in [0.717, 1.165) is 0 Å². The molecule has 0 aliphatic heterocycles. The Bertz CT molecular complexity index is 357. The van der Waals surface area contributed by atoms with Gasteiger partial charge in [0.1, 0.15) is 5.54 Å². The van der Waals surface area contributed by atoms with Gasteiger partial charge in [0.05, 0.1) is 6.10 Å². The first-order valence-corrected chi connectivity index (χ1v) is 6.72. The summed E-state index contributed by atoms with van der Waals surface area (Å²) in [6, 6.07) is 0. The number of hydrogen-bond donors (Lipinski definition) is 3. The summed E-state index contributed by atoms with van der Waals surface area (Å²) < 4.78 is 5.57. The maximum absolute atomic E-state index is 12.1. The fourth-order valence-corrected chi connectivity index (χ4v) is 2.44. The summed E-state index contributed by atoms with van der Waals surface area (Å²) in [5, 5.41) is 2.77. The Hall–Kier alpha value is -1.14. The molecule has 0 saturated heterocycles. The number of carbonyl (C=O) groups excluding carboxylic acids is 2. The smallest absolute Gasteiger partial charge is 0.240 e. The molecule has 6 nitrogen and oxygen atoms in total. The van der Waals surface area contributed by atoms with Crippen molar-refractivity contribution in [2.45, 2.75) is 51.7 Å². The van der Waals surface area contributed by atoms with Crippen molar-refractivity contribution in [3.05, 3.63) is 0 Å². The number of nitrogens with two attached hydrogens (primary N) is 2. The molecule has 1 aliphatic carbocycles. The largest absolute Gasteiger partial charge is 0.378 e. The first-order chi connectivity index (χ1) is 8.75. The monoisotopic (exact) mass is 271 g/mol. The lowest BCUT2D eigenvalue weighted by atomic mass is 9.54. The van der Waals surface area contributed by atoms with Gasteiger partial charge < -0.3 is 21.5 Å². The number of nitrogens with one attached hydrogen (secondary N) is 1. The van der Waals surface area contributed by atoms with E-state index in [0.29, 0.717) is 26.0 Å². The van der Waals surface area contributed by atoms with Crippen LogP contribution in [0.25, 0.3) is 0 Å². The van der Waals surface area contributed by atoms with E-state index >= 15 is 0 Å². The third-order valence-corrected chi connectivity index (χ3v) is 4.12. The molecule has 0 radical (unpaired) electrons. The van der Waals surface area contributed by atoms with Crippen LogP contribution in [0.15, 0.2) is 0 Å². The lowest BCUT2D eigenvalue weighted by Gasteiger charge is -2.57. The number of amides is 2. The van der Waals surface area contributed by atoms with Crippen LogP contribution in [0.3, 0.4) is 0 Å². The van der Waals surface area contributed by atoms with Crippen LogP contribution in [0.4, 0.5) is 0 Å². The molecule has 1 saturated carbocycles. The molecule has 6 heteroatoms. The van der Waals surface area contributed by atoms with Crippen LogP contribution >= 0.6 is 0 Å². The predicted molar refractivity (Wildman–Crippen MR) is 72.2 cm³/mol. The van der Waals surface area contributed by atoms with Crippen molar-refractivity contribution in [1.29, 1.82) is 0 Å². The molecule has 2 amide bonds. The molecule has 110 valence electrons. The Morgan fingerprint density at radius 1 is 1.42 bits per heavy atom. The number of hydrogen-bond acceptors (Lipinski definition) is 4. The SMILES string of the molecule is CCOC1CC(N)(C(=O)NCCCC(N)=O)C1(C)C. The van der Waals surface area contributed by atoms with Gasteiger partial charge in [-0.15, -0.1) is 0 Å². The van der Waals surface area contributed by atoms with Gasteiger partial charge in [-0.2, -0.15) is 0 Å². The van der Waals surface area contributed by atoms with Gasteiger partial charge in [-0.05, 0) is 13.3 Å². The van der Waals surface area contributed by atoms with E-state index in [1.54, 1.807) is 0 Å². The summed E-state index contributed by atoms with van der Waals surface area (Å²) in [5.74, 6) is -0.546. The minimum absolute atomic E-state index is 0.0128. The molecule has 0 heterocycles. The van der Waals surface area contributed by atoms with Crippen molar-refractivity contribution >= 4 is 11.8 Å². The Morgan fingerprint density at radius 3 is 2.53 bits per heavy atom. The lowest BCUT2D eigenvalue weighted by molar-refractivity contribution is -0.170. The van der Waals surface area contributed by atoms with Crippen LogP contribution in [-0.2, 0) is 14.3 Å². The molecule has 0 aromatic heterocycles. The van der Waals surface area contributed by atoms with E-state index in [1.165, 1.54) is 0 Å². The maximum atomic E-state index is 12.1. The second-order valence-electron chi connectivity index (χ2n) is 5.67.